The van der Waals surface area contributed by atoms with Crippen LogP contribution >= 0.6 is 0 Å². The van der Waals surface area contributed by atoms with Gasteiger partial charge in [0.05, 0.1) is 36.7 Å². The van der Waals surface area contributed by atoms with Crippen molar-refractivity contribution < 1.29 is 43.0 Å². The zero-order valence-corrected chi connectivity index (χ0v) is 41.2. The SMILES string of the molecule is CC(NC(=O)Cc1ccc2c(c1)OCO2)C(=O)C1(N)N=C(c2ccccc2)c2ccccc2N(C)C1=O.COc1cccc(ONC(C)C(=O)C2N=C(c3ccccc3)c3ccccc3N(C)C2N)c1C(C)=O. The number of nitrogens with two attached hydrogens (primary N) is 2. The molecule has 0 saturated carbocycles. The molecule has 0 saturated heterocycles. The Morgan fingerprint density at radius 1 is 0.753 bits per heavy atom. The van der Waals surface area contributed by atoms with Gasteiger partial charge in [0.15, 0.2) is 28.8 Å². The number of hydroxylamine groups is 1. The van der Waals surface area contributed by atoms with Crippen molar-refractivity contribution in [1.82, 2.24) is 10.8 Å². The number of anilines is 2. The number of likely N-dealkylation sites (N-methyl/N-ethyl adjacent to an activating group) is 2. The summed E-state index contributed by atoms with van der Waals surface area (Å²) in [6, 6.07) is 41.5. The van der Waals surface area contributed by atoms with Gasteiger partial charge in [0.2, 0.25) is 24.1 Å². The molecular formula is C56H56N8O9. The first-order chi connectivity index (χ1) is 35.1. The van der Waals surface area contributed by atoms with Crippen molar-refractivity contribution in [3.8, 4) is 23.0 Å². The fraction of sp³-hybridized carbons (Fsp3) is 0.232. The minimum absolute atomic E-state index is 0.00363. The second kappa shape index (κ2) is 21.9. The van der Waals surface area contributed by atoms with Gasteiger partial charge in [-0.15, -0.1) is 5.48 Å². The number of carbonyl (C=O) groups excluding carboxylic acids is 5. The molecule has 0 aliphatic carbocycles. The Balaban J connectivity index is 0.000000195. The first kappa shape index (κ1) is 50.9. The maximum absolute atomic E-state index is 13.7. The molecule has 17 nitrogen and oxygen atoms in total. The van der Waals surface area contributed by atoms with Gasteiger partial charge in [-0.25, -0.2) is 4.99 Å². The van der Waals surface area contributed by atoms with Gasteiger partial charge in [-0.05, 0) is 62.7 Å². The molecule has 0 aromatic heterocycles. The second-order valence-corrected chi connectivity index (χ2v) is 17.6. The Labute approximate surface area is 422 Å². The summed E-state index contributed by atoms with van der Waals surface area (Å²) in [5.41, 5.74) is 20.4. The molecule has 0 fully saturated rings. The number of para-hydroxylation sites is 2. The number of hydrogen-bond donors (Lipinski definition) is 4. The third-order valence-electron chi connectivity index (χ3n) is 12.7. The molecule has 6 aromatic rings. The molecule has 3 aliphatic rings. The van der Waals surface area contributed by atoms with Crippen molar-refractivity contribution in [1.29, 1.82) is 0 Å². The summed E-state index contributed by atoms with van der Waals surface area (Å²) in [4.78, 5) is 84.2. The Bertz CT molecular complexity index is 3130. The molecule has 374 valence electrons. The number of nitrogens with zero attached hydrogens (tertiary/aromatic N) is 4. The highest BCUT2D eigenvalue weighted by atomic mass is 16.7. The number of amides is 2. The first-order valence-electron chi connectivity index (χ1n) is 23.5. The summed E-state index contributed by atoms with van der Waals surface area (Å²) >= 11 is 0. The van der Waals surface area contributed by atoms with Crippen LogP contribution in [0.25, 0.3) is 0 Å². The molecule has 17 heteroatoms. The lowest BCUT2D eigenvalue weighted by Crippen LogP contribution is -2.63. The lowest BCUT2D eigenvalue weighted by atomic mass is 9.97. The number of Topliss-reactive ketones (excluding diaryl/α,β-unsaturated/α-hetero) is 3. The first-order valence-corrected chi connectivity index (χ1v) is 23.5. The number of benzene rings is 6. The van der Waals surface area contributed by atoms with Crippen molar-refractivity contribution in [3.05, 3.63) is 179 Å². The molecule has 5 unspecified atom stereocenters. The topological polar surface area (TPSA) is 230 Å². The van der Waals surface area contributed by atoms with E-state index in [1.54, 1.807) is 62.5 Å². The predicted molar refractivity (Wildman–Crippen MR) is 278 cm³/mol. The van der Waals surface area contributed by atoms with Crippen molar-refractivity contribution in [2.45, 2.75) is 57.1 Å². The summed E-state index contributed by atoms with van der Waals surface area (Å²) in [5, 5.41) is 2.67. The fourth-order valence-corrected chi connectivity index (χ4v) is 8.79. The van der Waals surface area contributed by atoms with E-state index in [0.29, 0.717) is 51.0 Å². The van der Waals surface area contributed by atoms with Crippen LogP contribution in [0.15, 0.2) is 156 Å². The molecule has 73 heavy (non-hydrogen) atoms. The summed E-state index contributed by atoms with van der Waals surface area (Å²) in [6.07, 6.45) is -0.697. The molecule has 0 radical (unpaired) electrons. The molecule has 5 atom stereocenters. The number of methoxy groups -OCH3 is 1. The zero-order chi connectivity index (χ0) is 52.0. The quantitative estimate of drug-likeness (QED) is 0.0595. The van der Waals surface area contributed by atoms with Crippen molar-refractivity contribution in [3.63, 3.8) is 0 Å². The van der Waals surface area contributed by atoms with E-state index in [-0.39, 0.29) is 36.1 Å². The summed E-state index contributed by atoms with van der Waals surface area (Å²) in [6.45, 7) is 4.74. The molecule has 3 aliphatic heterocycles. The van der Waals surface area contributed by atoms with E-state index in [2.05, 4.69) is 15.8 Å². The van der Waals surface area contributed by atoms with E-state index in [1.165, 1.54) is 25.9 Å². The molecule has 9 rings (SSSR count). The van der Waals surface area contributed by atoms with E-state index in [0.717, 1.165) is 16.8 Å². The van der Waals surface area contributed by atoms with Crippen LogP contribution in [-0.2, 0) is 25.6 Å². The van der Waals surface area contributed by atoms with Crippen molar-refractivity contribution in [2.24, 2.45) is 21.5 Å². The summed E-state index contributed by atoms with van der Waals surface area (Å²) in [7, 11) is 4.90. The smallest absolute Gasteiger partial charge is 0.277 e. The number of fused-ring (bicyclic) bond motifs is 3. The third kappa shape index (κ3) is 10.6. The highest BCUT2D eigenvalue weighted by molar-refractivity contribution is 6.26. The highest BCUT2D eigenvalue weighted by Gasteiger charge is 2.49. The van der Waals surface area contributed by atoms with Crippen LogP contribution in [0.3, 0.4) is 0 Å². The third-order valence-corrected chi connectivity index (χ3v) is 12.7. The van der Waals surface area contributed by atoms with E-state index in [4.69, 9.17) is 35.5 Å². The van der Waals surface area contributed by atoms with Crippen LogP contribution in [-0.4, -0.2) is 98.5 Å². The summed E-state index contributed by atoms with van der Waals surface area (Å²) < 4.78 is 15.9. The number of aliphatic imine (C=N–C) groups is 2. The van der Waals surface area contributed by atoms with Crippen LogP contribution in [0, 0.1) is 0 Å². The second-order valence-electron chi connectivity index (χ2n) is 17.6. The molecule has 6 aromatic carbocycles. The number of nitrogens with one attached hydrogen (secondary N) is 2. The van der Waals surface area contributed by atoms with Gasteiger partial charge in [-0.3, -0.25) is 34.7 Å². The Morgan fingerprint density at radius 3 is 2.00 bits per heavy atom. The monoisotopic (exact) mass is 984 g/mol. The zero-order valence-electron chi connectivity index (χ0n) is 41.2. The van der Waals surface area contributed by atoms with Gasteiger partial charge in [0.1, 0.15) is 29.6 Å². The number of benzodiazepines with no additional fused rings is 2. The molecule has 3 heterocycles. The normalized spacial score (nSPS) is 18.4. The number of rotatable bonds is 14. The van der Waals surface area contributed by atoms with Gasteiger partial charge in [0, 0.05) is 42.0 Å². The van der Waals surface area contributed by atoms with Gasteiger partial charge < -0.3 is 39.9 Å². The van der Waals surface area contributed by atoms with E-state index in [9.17, 15) is 24.0 Å². The van der Waals surface area contributed by atoms with E-state index < -0.39 is 47.6 Å². The Morgan fingerprint density at radius 2 is 1.34 bits per heavy atom. The number of ether oxygens (including phenoxy) is 3. The largest absolute Gasteiger partial charge is 0.496 e. The Kier molecular flexibility index (Phi) is 15.2. The lowest BCUT2D eigenvalue weighted by molar-refractivity contribution is -0.136. The molecule has 2 amide bonds. The minimum atomic E-state index is -2.25. The van der Waals surface area contributed by atoms with Gasteiger partial charge >= 0.3 is 0 Å². The van der Waals surface area contributed by atoms with Crippen molar-refractivity contribution >= 4 is 52.0 Å². The standard InChI is InChI=1S/C28H26N4O5.C28H30N4O4/c1-17(30-24(33)15-18-12-13-22-23(14-18)37-16-36-22)26(34)28(29)27(35)32(2)21-11-7-6-10-20(21)25(31-28)19-8-4-3-5-9-19;1-17(31-36-23-16-10-15-22(35-4)24(23)18(2)33)27(34)26-28(29)32(3)21-14-9-8-13-20(21)25(30-26)19-11-6-5-7-12-19/h3-14,17H,15-16,29H2,1-2H3,(H,30,33);5-17,26,28,31H,29H2,1-4H3. The Hall–Kier alpha value is -8.51. The average Bonchev–Trinajstić information content (AvgIpc) is 3.82. The van der Waals surface area contributed by atoms with Crippen molar-refractivity contribution in [2.75, 3.05) is 37.8 Å². The maximum atomic E-state index is 13.7. The van der Waals surface area contributed by atoms with Gasteiger partial charge in [-0.1, -0.05) is 109 Å². The van der Waals surface area contributed by atoms with Crippen LogP contribution in [0.2, 0.25) is 0 Å². The number of carbonyl (C=O) groups is 5. The predicted octanol–water partition coefficient (Wildman–Crippen LogP) is 5.58. The molecule has 0 spiro atoms. The van der Waals surface area contributed by atoms with E-state index in [1.807, 2.05) is 109 Å². The number of hydrogen-bond acceptors (Lipinski definition) is 15. The van der Waals surface area contributed by atoms with Crippen LogP contribution in [0.4, 0.5) is 11.4 Å². The minimum Gasteiger partial charge on any atom is -0.496 e. The van der Waals surface area contributed by atoms with Crippen LogP contribution < -0.4 is 51.1 Å². The lowest BCUT2D eigenvalue weighted by Gasteiger charge is -2.30. The molecule has 0 bridgehead atoms. The summed E-state index contributed by atoms with van der Waals surface area (Å²) in [5.74, 6) is -0.446. The van der Waals surface area contributed by atoms with Gasteiger partial charge in [0.25, 0.3) is 5.91 Å². The maximum Gasteiger partial charge on any atom is 0.277 e. The molecular weight excluding hydrogens is 929 g/mol. The van der Waals surface area contributed by atoms with Crippen LogP contribution in [0.5, 0.6) is 23.0 Å². The van der Waals surface area contributed by atoms with Gasteiger partial charge in [-0.2, -0.15) is 0 Å². The van der Waals surface area contributed by atoms with E-state index >= 15 is 0 Å². The van der Waals surface area contributed by atoms with Crippen LogP contribution in [0.1, 0.15) is 58.9 Å². The fourth-order valence-electron chi connectivity index (χ4n) is 8.79. The molecule has 6 N–H and O–H groups in total. The number of ketones is 3. The highest BCUT2D eigenvalue weighted by Crippen LogP contribution is 2.34. The average molecular weight is 985 g/mol.